The first-order valence-electron chi connectivity index (χ1n) is 9.02. The van der Waals surface area contributed by atoms with Crippen molar-refractivity contribution < 1.29 is 9.32 Å². The van der Waals surface area contributed by atoms with E-state index in [0.29, 0.717) is 5.92 Å². The lowest BCUT2D eigenvalue weighted by molar-refractivity contribution is -0.917. The maximum atomic E-state index is 6.03. The van der Waals surface area contributed by atoms with Crippen LogP contribution in [0.5, 0.6) is 0 Å². The molecule has 6 heteroatoms. The van der Waals surface area contributed by atoms with Gasteiger partial charge in [-0.25, -0.2) is 0 Å². The van der Waals surface area contributed by atoms with Crippen LogP contribution in [-0.2, 0) is 26.7 Å². The largest absolute Gasteiger partial charge is 0.461 e. The van der Waals surface area contributed by atoms with Gasteiger partial charge in [-0.1, -0.05) is 25.1 Å². The molecule has 0 radical (unpaired) electrons. The molecule has 1 fully saturated rings. The maximum Gasteiger partial charge on any atom is 0.202 e. The Morgan fingerprint density at radius 1 is 1.32 bits per heavy atom. The molecule has 1 aliphatic rings. The van der Waals surface area contributed by atoms with E-state index in [4.69, 9.17) is 21.7 Å². The Bertz CT molecular complexity index is 964. The van der Waals surface area contributed by atoms with E-state index < -0.39 is 0 Å². The van der Waals surface area contributed by atoms with Crippen LogP contribution in [0.2, 0.25) is 0 Å². The van der Waals surface area contributed by atoms with Crippen LogP contribution in [0, 0.1) is 4.77 Å². The summed E-state index contributed by atoms with van der Waals surface area (Å²) in [5.41, 5.74) is 2.29. The summed E-state index contributed by atoms with van der Waals surface area (Å²) in [6.45, 7) is 3.81. The molecule has 1 aliphatic carbocycles. The minimum atomic E-state index is 0.609. The van der Waals surface area contributed by atoms with Crippen molar-refractivity contribution in [2.45, 2.75) is 45.3 Å². The highest BCUT2D eigenvalue weighted by molar-refractivity contribution is 7.71. The molecule has 5 nitrogen and oxygen atoms in total. The fourth-order valence-electron chi connectivity index (χ4n) is 3.55. The standard InChI is InChI=1S/C19H24N4OS/c1-4-16-15(14-7-5-6-8-17(14)24-16)11-21(2)12-23-19(25)22(3)18(20-23)13-9-10-13/h5-8,13H,4,9-12H2,1-3H3/p+1. The second kappa shape index (κ2) is 6.42. The highest BCUT2D eigenvalue weighted by Gasteiger charge is 2.29. The van der Waals surface area contributed by atoms with Crippen molar-refractivity contribution in [1.29, 1.82) is 0 Å². The predicted octanol–water partition coefficient (Wildman–Crippen LogP) is 2.81. The second-order valence-corrected chi connectivity index (χ2v) is 7.48. The molecule has 0 saturated heterocycles. The number of hydrogen-bond donors (Lipinski definition) is 1. The molecule has 1 aromatic carbocycles. The number of para-hydroxylation sites is 1. The Labute approximate surface area is 152 Å². The van der Waals surface area contributed by atoms with E-state index in [-0.39, 0.29) is 0 Å². The first-order chi connectivity index (χ1) is 12.1. The van der Waals surface area contributed by atoms with Crippen molar-refractivity contribution in [3.05, 3.63) is 46.2 Å². The summed E-state index contributed by atoms with van der Waals surface area (Å²) in [7, 11) is 4.22. The number of rotatable bonds is 6. The molecule has 1 N–H and O–H groups in total. The van der Waals surface area contributed by atoms with Gasteiger partial charge in [0.15, 0.2) is 6.67 Å². The van der Waals surface area contributed by atoms with E-state index in [1.165, 1.54) is 28.7 Å². The molecule has 0 spiro atoms. The van der Waals surface area contributed by atoms with Crippen molar-refractivity contribution in [3.63, 3.8) is 0 Å². The average Bonchev–Trinajstić information content (AvgIpc) is 3.34. The molecule has 2 heterocycles. The molecule has 1 unspecified atom stereocenters. The van der Waals surface area contributed by atoms with Gasteiger partial charge in [0.2, 0.25) is 4.77 Å². The fourth-order valence-corrected chi connectivity index (χ4v) is 3.75. The Balaban J connectivity index is 1.58. The van der Waals surface area contributed by atoms with E-state index in [0.717, 1.165) is 41.6 Å². The number of aromatic nitrogens is 3. The number of nitrogens with one attached hydrogen (secondary N) is 1. The quantitative estimate of drug-likeness (QED) is 0.690. The number of benzene rings is 1. The van der Waals surface area contributed by atoms with Gasteiger partial charge in [-0.3, -0.25) is 0 Å². The minimum absolute atomic E-state index is 0.609. The molecular formula is C19H25N4OS+. The topological polar surface area (TPSA) is 40.3 Å². The van der Waals surface area contributed by atoms with Crippen LogP contribution in [0.4, 0.5) is 0 Å². The summed E-state index contributed by atoms with van der Waals surface area (Å²) >= 11 is 5.58. The summed E-state index contributed by atoms with van der Waals surface area (Å²) in [6.07, 6.45) is 3.39. The van der Waals surface area contributed by atoms with Crippen LogP contribution >= 0.6 is 12.2 Å². The molecule has 25 heavy (non-hydrogen) atoms. The first-order valence-corrected chi connectivity index (χ1v) is 9.43. The molecule has 4 rings (SSSR count). The lowest BCUT2D eigenvalue weighted by Gasteiger charge is -2.14. The van der Waals surface area contributed by atoms with E-state index >= 15 is 0 Å². The van der Waals surface area contributed by atoms with Gasteiger partial charge < -0.3 is 13.9 Å². The summed E-state index contributed by atoms with van der Waals surface area (Å²) in [6, 6.07) is 8.30. The van der Waals surface area contributed by atoms with Gasteiger partial charge in [0.25, 0.3) is 0 Å². The van der Waals surface area contributed by atoms with E-state index in [1.54, 1.807) is 0 Å². The Morgan fingerprint density at radius 2 is 2.08 bits per heavy atom. The molecule has 1 saturated carbocycles. The van der Waals surface area contributed by atoms with Gasteiger partial charge in [0, 0.05) is 24.8 Å². The monoisotopic (exact) mass is 357 g/mol. The zero-order chi connectivity index (χ0) is 17.6. The molecule has 132 valence electrons. The van der Waals surface area contributed by atoms with Crippen molar-refractivity contribution in [3.8, 4) is 0 Å². The van der Waals surface area contributed by atoms with E-state index in [1.807, 2.05) is 23.9 Å². The van der Waals surface area contributed by atoms with Crippen molar-refractivity contribution in [1.82, 2.24) is 14.3 Å². The summed E-state index contributed by atoms with van der Waals surface area (Å²) in [5.74, 6) is 2.84. The predicted molar refractivity (Wildman–Crippen MR) is 100 cm³/mol. The summed E-state index contributed by atoms with van der Waals surface area (Å²) in [5, 5.41) is 6.00. The highest BCUT2D eigenvalue weighted by Crippen LogP contribution is 2.38. The molecule has 0 amide bonds. The van der Waals surface area contributed by atoms with Crippen molar-refractivity contribution in [2.24, 2.45) is 7.05 Å². The Kier molecular flexibility index (Phi) is 4.25. The molecular weight excluding hydrogens is 332 g/mol. The molecule has 1 atom stereocenters. The third-order valence-corrected chi connectivity index (χ3v) is 5.50. The molecule has 2 aromatic heterocycles. The number of quaternary nitrogens is 1. The molecule has 0 aliphatic heterocycles. The zero-order valence-electron chi connectivity index (χ0n) is 15.1. The molecule has 3 aromatic rings. The van der Waals surface area contributed by atoms with Crippen LogP contribution in [0.15, 0.2) is 28.7 Å². The van der Waals surface area contributed by atoms with Gasteiger partial charge in [-0.2, -0.15) is 9.78 Å². The number of nitrogens with zero attached hydrogens (tertiary/aromatic N) is 3. The summed E-state index contributed by atoms with van der Waals surface area (Å²) < 4.78 is 10.9. The normalized spacial score (nSPS) is 15.8. The number of furan rings is 1. The smallest absolute Gasteiger partial charge is 0.202 e. The highest BCUT2D eigenvalue weighted by atomic mass is 32.1. The SMILES string of the molecule is CCc1oc2ccccc2c1C[NH+](C)Cn1nc(C2CC2)n(C)c1=S. The van der Waals surface area contributed by atoms with Crippen LogP contribution in [-0.4, -0.2) is 21.4 Å². The third kappa shape index (κ3) is 3.04. The maximum absolute atomic E-state index is 6.03. The lowest BCUT2D eigenvalue weighted by atomic mass is 10.1. The van der Waals surface area contributed by atoms with Crippen molar-refractivity contribution in [2.75, 3.05) is 7.05 Å². The van der Waals surface area contributed by atoms with Gasteiger partial charge in [0.05, 0.1) is 12.6 Å². The first kappa shape index (κ1) is 16.5. The van der Waals surface area contributed by atoms with Crippen LogP contribution < -0.4 is 4.90 Å². The van der Waals surface area contributed by atoms with Gasteiger partial charge >= 0.3 is 0 Å². The van der Waals surface area contributed by atoms with E-state index in [9.17, 15) is 0 Å². The minimum Gasteiger partial charge on any atom is -0.461 e. The summed E-state index contributed by atoms with van der Waals surface area (Å²) in [4.78, 5) is 1.35. The van der Waals surface area contributed by atoms with E-state index in [2.05, 4.69) is 30.7 Å². The number of hydrogen-bond acceptors (Lipinski definition) is 3. The van der Waals surface area contributed by atoms with Gasteiger partial charge in [0.1, 0.15) is 23.7 Å². The van der Waals surface area contributed by atoms with Crippen LogP contribution in [0.25, 0.3) is 11.0 Å². The average molecular weight is 358 g/mol. The molecule has 0 bridgehead atoms. The fraction of sp³-hybridized carbons (Fsp3) is 0.474. The third-order valence-electron chi connectivity index (χ3n) is 5.02. The van der Waals surface area contributed by atoms with Crippen LogP contribution in [0.1, 0.15) is 42.8 Å². The Hall–Kier alpha value is -1.92. The van der Waals surface area contributed by atoms with Gasteiger partial charge in [-0.15, -0.1) is 0 Å². The second-order valence-electron chi connectivity index (χ2n) is 7.12. The Morgan fingerprint density at radius 3 is 2.80 bits per heavy atom. The zero-order valence-corrected chi connectivity index (χ0v) is 15.9. The number of fused-ring (bicyclic) bond motifs is 1. The lowest BCUT2D eigenvalue weighted by Crippen LogP contribution is -3.07. The number of aryl methyl sites for hydroxylation is 1. The van der Waals surface area contributed by atoms with Crippen molar-refractivity contribution >= 4 is 23.2 Å². The van der Waals surface area contributed by atoms with Crippen LogP contribution in [0.3, 0.4) is 0 Å². The van der Waals surface area contributed by atoms with Gasteiger partial charge in [-0.05, 0) is 31.1 Å².